The van der Waals surface area contributed by atoms with Crippen LogP contribution in [0.4, 0.5) is 9.59 Å². The number of ether oxygens (including phenoxy) is 2. The lowest BCUT2D eigenvalue weighted by Gasteiger charge is -2.32. The van der Waals surface area contributed by atoms with E-state index in [9.17, 15) is 28.8 Å². The van der Waals surface area contributed by atoms with E-state index < -0.39 is 0 Å². The summed E-state index contributed by atoms with van der Waals surface area (Å²) in [6.45, 7) is 10.4. The molecule has 4 heterocycles. The SMILES string of the molecule is C[N+](C)(CCCCCCCN1CCC(OC(=O)NC(c2ccccc2)c2ccccc2)CC1)CCCCN1C(=O)c2ccccc2C1=O.C[N+](C)(CCCN1C(=O)c2ccccc2C1=O)Cc1cccc(CN2CCC(OC(=O)NC(c3ccccc3)c3ccccc3)CC2)c1. The lowest BCUT2D eigenvalue weighted by Crippen LogP contribution is -2.41. The summed E-state index contributed by atoms with van der Waals surface area (Å²) in [5.41, 5.74) is 8.71. The van der Waals surface area contributed by atoms with Crippen LogP contribution in [0, 0.1) is 0 Å². The van der Waals surface area contributed by atoms with Gasteiger partial charge in [0.15, 0.2) is 0 Å². The minimum atomic E-state index is -0.386. The van der Waals surface area contributed by atoms with E-state index in [1.807, 2.05) is 133 Å². The molecule has 0 aromatic heterocycles. The minimum absolute atomic E-state index is 0.0442. The van der Waals surface area contributed by atoms with Crippen molar-refractivity contribution in [1.82, 2.24) is 30.2 Å². The van der Waals surface area contributed by atoms with Gasteiger partial charge in [0.25, 0.3) is 23.6 Å². The van der Waals surface area contributed by atoms with Crippen LogP contribution in [0.15, 0.2) is 194 Å². The minimum Gasteiger partial charge on any atom is -0.446 e. The number of imide groups is 2. The molecule has 0 saturated carbocycles. The van der Waals surface area contributed by atoms with Crippen molar-refractivity contribution in [3.63, 3.8) is 0 Å². The van der Waals surface area contributed by atoms with E-state index in [0.717, 1.165) is 142 Å². The largest absolute Gasteiger partial charge is 0.446 e. The highest BCUT2D eigenvalue weighted by atomic mass is 16.6. The molecule has 4 aliphatic rings. The number of carbonyl (C=O) groups is 6. The van der Waals surface area contributed by atoms with Crippen LogP contribution in [0.5, 0.6) is 0 Å². The molecule has 504 valence electrons. The van der Waals surface area contributed by atoms with Crippen molar-refractivity contribution in [3.8, 4) is 0 Å². The van der Waals surface area contributed by atoms with Gasteiger partial charge >= 0.3 is 12.2 Å². The van der Waals surface area contributed by atoms with Crippen LogP contribution in [-0.4, -0.2) is 170 Å². The third-order valence-electron chi connectivity index (χ3n) is 19.2. The zero-order valence-electron chi connectivity index (χ0n) is 56.7. The molecule has 16 nitrogen and oxygen atoms in total. The standard InChI is InChI=1S/C40H44N4O4.C40H52N4O4/c1-44(2,26-12-23-43-38(45)35-19-9-10-20-36(35)39(43)46)29-31-14-11-13-30(27-31)28-42-24-21-34(22-25-42)48-40(47)41-37(32-15-5-3-6-16-32)33-17-7-4-8-18-33;1-44(2,31-17-15-27-43-38(45)35-22-12-13-23-36(35)39(43)46)30-16-5-3-4-14-26-42-28-24-34(25-29-42)48-40(47)41-37(32-18-8-6-9-19-32)33-20-10-7-11-21-33/h3-11,13-20,27,34,37H,12,21-26,28-29H2,1-2H3;6-13,18-23,34,37H,3-5,14-17,24-31H2,1-2H3/p+2. The first-order chi connectivity index (χ1) is 46.6. The van der Waals surface area contributed by atoms with E-state index in [0.29, 0.717) is 35.3 Å². The van der Waals surface area contributed by atoms with Gasteiger partial charge in [0, 0.05) is 57.8 Å². The summed E-state index contributed by atoms with van der Waals surface area (Å²) in [6, 6.07) is 62.4. The molecule has 0 radical (unpaired) electrons. The van der Waals surface area contributed by atoms with Gasteiger partial charge in [-0.2, -0.15) is 0 Å². The Hall–Kier alpha value is -8.80. The third-order valence-corrected chi connectivity index (χ3v) is 19.2. The van der Waals surface area contributed by atoms with Gasteiger partial charge in [0.1, 0.15) is 18.8 Å². The number of nitrogens with one attached hydrogen (secondary N) is 2. The van der Waals surface area contributed by atoms with E-state index in [1.54, 1.807) is 36.4 Å². The van der Waals surface area contributed by atoms with Gasteiger partial charge in [-0.05, 0) is 122 Å². The third kappa shape index (κ3) is 19.9. The molecule has 7 aromatic rings. The summed E-state index contributed by atoms with van der Waals surface area (Å²) in [6.07, 6.45) is 11.2. The maximum atomic E-state index is 13.0. The molecule has 6 amide bonds. The molecule has 0 spiro atoms. The molecule has 0 atom stereocenters. The molecule has 96 heavy (non-hydrogen) atoms. The second kappa shape index (κ2) is 34.2. The highest BCUT2D eigenvalue weighted by molar-refractivity contribution is 6.22. The number of quaternary nitrogens is 2. The Morgan fingerprint density at radius 1 is 0.396 bits per heavy atom. The average molecular weight is 1300 g/mol. The second-order valence-corrected chi connectivity index (χ2v) is 27.6. The van der Waals surface area contributed by atoms with E-state index in [1.165, 1.54) is 53.0 Å². The molecule has 7 aromatic carbocycles. The number of hydrogen-bond donors (Lipinski definition) is 2. The molecular weight excluding hydrogens is 1200 g/mol. The summed E-state index contributed by atoms with van der Waals surface area (Å²) in [5.74, 6) is -0.682. The maximum Gasteiger partial charge on any atom is 0.408 e. The first-order valence-corrected chi connectivity index (χ1v) is 34.8. The van der Waals surface area contributed by atoms with Gasteiger partial charge in [-0.15, -0.1) is 0 Å². The molecule has 2 fully saturated rings. The summed E-state index contributed by atoms with van der Waals surface area (Å²) < 4.78 is 13.5. The molecule has 0 aliphatic carbocycles. The predicted octanol–water partition coefficient (Wildman–Crippen LogP) is 13.5. The molecule has 2 saturated heterocycles. The van der Waals surface area contributed by atoms with Crippen molar-refractivity contribution in [1.29, 1.82) is 0 Å². The normalized spacial score (nSPS) is 15.6. The Morgan fingerprint density at radius 3 is 1.18 bits per heavy atom. The number of carbonyl (C=O) groups excluding carboxylic acids is 6. The van der Waals surface area contributed by atoms with Crippen molar-refractivity contribution in [2.75, 3.05) is 93.6 Å². The van der Waals surface area contributed by atoms with Crippen LogP contribution < -0.4 is 10.6 Å². The van der Waals surface area contributed by atoms with Crippen molar-refractivity contribution in [2.45, 2.75) is 114 Å². The van der Waals surface area contributed by atoms with Crippen LogP contribution in [0.2, 0.25) is 0 Å². The number of hydrogen-bond acceptors (Lipinski definition) is 10. The van der Waals surface area contributed by atoms with Crippen molar-refractivity contribution < 1.29 is 47.2 Å². The lowest BCUT2D eigenvalue weighted by molar-refractivity contribution is -0.903. The van der Waals surface area contributed by atoms with Crippen LogP contribution in [0.3, 0.4) is 0 Å². The number of fused-ring (bicyclic) bond motifs is 2. The Kier molecular flexibility index (Phi) is 25.0. The van der Waals surface area contributed by atoms with Crippen molar-refractivity contribution in [2.24, 2.45) is 0 Å². The van der Waals surface area contributed by atoms with Crippen LogP contribution in [0.1, 0.15) is 164 Å². The highest BCUT2D eigenvalue weighted by Gasteiger charge is 2.37. The van der Waals surface area contributed by atoms with Gasteiger partial charge in [-0.3, -0.25) is 33.9 Å². The van der Waals surface area contributed by atoms with E-state index in [2.05, 4.69) is 72.9 Å². The van der Waals surface area contributed by atoms with Crippen LogP contribution in [-0.2, 0) is 22.6 Å². The number of unbranched alkanes of at least 4 members (excludes halogenated alkanes) is 5. The van der Waals surface area contributed by atoms with Crippen molar-refractivity contribution in [3.05, 3.63) is 250 Å². The number of benzene rings is 7. The number of alkyl carbamates (subject to hydrolysis) is 2. The summed E-state index contributed by atoms with van der Waals surface area (Å²) in [4.78, 5) is 84.3. The average Bonchev–Trinajstić information content (AvgIpc) is 1.64. The van der Waals surface area contributed by atoms with Crippen molar-refractivity contribution >= 4 is 35.8 Å². The maximum absolute atomic E-state index is 13.0. The van der Waals surface area contributed by atoms with E-state index >= 15 is 0 Å². The van der Waals surface area contributed by atoms with Crippen LogP contribution in [0.25, 0.3) is 0 Å². The number of piperidine rings is 2. The zero-order chi connectivity index (χ0) is 67.3. The van der Waals surface area contributed by atoms with Gasteiger partial charge in [-0.25, -0.2) is 9.59 Å². The fourth-order valence-electron chi connectivity index (χ4n) is 13.9. The fraction of sp³-hybridized carbons (Fsp3) is 0.400. The fourth-order valence-corrected chi connectivity index (χ4v) is 13.9. The molecule has 4 aliphatic heterocycles. The van der Waals surface area contributed by atoms with Crippen LogP contribution >= 0.6 is 0 Å². The number of rotatable bonds is 29. The monoisotopic (exact) mass is 1300 g/mol. The highest BCUT2D eigenvalue weighted by Crippen LogP contribution is 2.28. The topological polar surface area (TPSA) is 158 Å². The van der Waals surface area contributed by atoms with Gasteiger partial charge in [0.2, 0.25) is 0 Å². The molecule has 0 bridgehead atoms. The van der Waals surface area contributed by atoms with Gasteiger partial charge in [-0.1, -0.05) is 177 Å². The Morgan fingerprint density at radius 2 is 0.740 bits per heavy atom. The molecule has 0 unspecified atom stereocenters. The Bertz CT molecular complexity index is 3520. The van der Waals surface area contributed by atoms with E-state index in [-0.39, 0.29) is 60.1 Å². The smallest absolute Gasteiger partial charge is 0.408 e. The number of amides is 6. The first kappa shape index (κ1) is 70.0. The number of nitrogens with zero attached hydrogens (tertiary/aromatic N) is 6. The van der Waals surface area contributed by atoms with Gasteiger partial charge < -0.3 is 34.0 Å². The lowest BCUT2D eigenvalue weighted by atomic mass is 9.99. The summed E-state index contributed by atoms with van der Waals surface area (Å²) in [7, 11) is 8.95. The first-order valence-electron chi connectivity index (χ1n) is 34.8. The molecule has 2 N–H and O–H groups in total. The Balaban J connectivity index is 0.000000209. The van der Waals surface area contributed by atoms with Gasteiger partial charge in [0.05, 0.1) is 82.2 Å². The summed E-state index contributed by atoms with van der Waals surface area (Å²) in [5, 5.41) is 6.20. The number of likely N-dealkylation sites (tertiary alicyclic amines) is 2. The summed E-state index contributed by atoms with van der Waals surface area (Å²) >= 11 is 0. The molecular formula is C80H98N8O8+2. The molecule has 11 rings (SSSR count). The van der Waals surface area contributed by atoms with E-state index in [4.69, 9.17) is 9.47 Å². The molecule has 16 heteroatoms. The predicted molar refractivity (Wildman–Crippen MR) is 376 cm³/mol. The quantitative estimate of drug-likeness (QED) is 0.0263. The zero-order valence-corrected chi connectivity index (χ0v) is 56.7. The second-order valence-electron chi connectivity index (χ2n) is 27.6. The Labute approximate surface area is 568 Å².